The van der Waals surface area contributed by atoms with Gasteiger partial charge in [-0.3, -0.25) is 4.72 Å². The third-order valence-corrected chi connectivity index (χ3v) is 2.12. The van der Waals surface area contributed by atoms with Gasteiger partial charge in [-0.05, 0) is 22.6 Å². The zero-order valence-corrected chi connectivity index (χ0v) is 8.19. The number of benzene rings is 1. The number of hydrogen-bond donors (Lipinski definition) is 1. The molecule has 3 nitrogen and oxygen atoms in total. The summed E-state index contributed by atoms with van der Waals surface area (Å²) in [6.45, 7) is 7.43. The first-order chi connectivity index (χ1) is 5.88. The molecule has 1 aromatic carbocycles. The van der Waals surface area contributed by atoms with Gasteiger partial charge in [0.25, 0.3) is 0 Å². The van der Waals surface area contributed by atoms with Crippen LogP contribution >= 0.6 is 0 Å². The first kappa shape index (κ1) is 9.80. The average Bonchev–Trinajstić information content (AvgIpc) is 1.94. The van der Waals surface area contributed by atoms with Gasteiger partial charge in [-0.1, -0.05) is 19.2 Å². The Morgan fingerprint density at radius 2 is 1.85 bits per heavy atom. The van der Waals surface area contributed by atoms with Crippen molar-refractivity contribution in [3.05, 3.63) is 28.6 Å². The third kappa shape index (κ3) is 2.91. The van der Waals surface area contributed by atoms with Crippen molar-refractivity contribution in [1.82, 2.24) is 0 Å². The molecule has 1 aromatic rings. The molecule has 0 aliphatic rings. The quantitative estimate of drug-likeness (QED) is 0.718. The summed E-state index contributed by atoms with van der Waals surface area (Å²) >= 11 is 0. The Hall–Kier alpha value is -1.29. The molecule has 0 radical (unpaired) electrons. The molecule has 0 atom stereocenters. The molecule has 70 valence electrons. The van der Waals surface area contributed by atoms with E-state index in [1.165, 1.54) is 0 Å². The number of nitrogens with one attached hydrogen (secondary N) is 1. The Labute approximate surface area is 77.5 Å². The fourth-order valence-electron chi connectivity index (χ4n) is 0.903. The van der Waals surface area contributed by atoms with Crippen LogP contribution in [-0.4, -0.2) is 14.7 Å². The number of anilines is 1. The van der Waals surface area contributed by atoms with E-state index in [1.807, 2.05) is 0 Å². The summed E-state index contributed by atoms with van der Waals surface area (Å²) < 4.78 is 24.1. The summed E-state index contributed by atoms with van der Waals surface area (Å²) in [4.78, 5) is 0. The van der Waals surface area contributed by atoms with E-state index in [0.29, 0.717) is 10.9 Å². The van der Waals surface area contributed by atoms with Crippen molar-refractivity contribution in [2.45, 2.75) is 0 Å². The lowest BCUT2D eigenvalue weighted by Gasteiger charge is -2.02. The predicted molar refractivity (Wildman–Crippen MR) is 55.2 cm³/mol. The van der Waals surface area contributed by atoms with Crippen molar-refractivity contribution in [3.8, 4) is 0 Å². The van der Waals surface area contributed by atoms with Crippen LogP contribution in [0.1, 0.15) is 0 Å². The molecule has 0 heterocycles. The molecule has 4 heteroatoms. The van der Waals surface area contributed by atoms with E-state index in [4.69, 9.17) is 0 Å². The molecule has 0 saturated heterocycles. The Morgan fingerprint density at radius 1 is 1.23 bits per heavy atom. The van der Waals surface area contributed by atoms with E-state index < -0.39 is 10.0 Å². The molecule has 0 aromatic heterocycles. The van der Waals surface area contributed by atoms with Gasteiger partial charge >= 0.3 is 0 Å². The molecule has 1 rings (SSSR count). The molecule has 0 fully saturated rings. The molecule has 0 unspecified atom stereocenters. The predicted octanol–water partition coefficient (Wildman–Crippen LogP) is -0.121. The second kappa shape index (κ2) is 3.22. The van der Waals surface area contributed by atoms with Gasteiger partial charge in [-0.15, -0.1) is 0 Å². The van der Waals surface area contributed by atoms with E-state index >= 15 is 0 Å². The van der Waals surface area contributed by atoms with E-state index in [-0.39, 0.29) is 0 Å². The minimum absolute atomic E-state index is 0.514. The highest BCUT2D eigenvalue weighted by atomic mass is 32.2. The minimum atomic E-state index is -3.20. The summed E-state index contributed by atoms with van der Waals surface area (Å²) in [5, 5.41) is 1.51. The van der Waals surface area contributed by atoms with Crippen LogP contribution in [0.25, 0.3) is 13.2 Å². The van der Waals surface area contributed by atoms with Gasteiger partial charge < -0.3 is 0 Å². The first-order valence-corrected chi connectivity index (χ1v) is 5.53. The summed E-state index contributed by atoms with van der Waals surface area (Å²) in [6, 6.07) is 5.01. The molecule has 0 aliphatic heterocycles. The number of sulfonamides is 1. The molecule has 0 spiro atoms. The van der Waals surface area contributed by atoms with Crippen LogP contribution < -0.4 is 15.2 Å². The maximum Gasteiger partial charge on any atom is 0.229 e. The van der Waals surface area contributed by atoms with Crippen molar-refractivity contribution in [3.63, 3.8) is 0 Å². The average molecular weight is 197 g/mol. The van der Waals surface area contributed by atoms with Crippen LogP contribution in [0.15, 0.2) is 18.2 Å². The van der Waals surface area contributed by atoms with Gasteiger partial charge in [-0.2, -0.15) is 0 Å². The van der Waals surface area contributed by atoms with Crippen LogP contribution in [0, 0.1) is 0 Å². The Morgan fingerprint density at radius 3 is 2.31 bits per heavy atom. The highest BCUT2D eigenvalue weighted by molar-refractivity contribution is 7.92. The second-order valence-corrected chi connectivity index (χ2v) is 4.61. The zero-order chi connectivity index (χ0) is 10.1. The van der Waals surface area contributed by atoms with Gasteiger partial charge in [0.15, 0.2) is 0 Å². The van der Waals surface area contributed by atoms with Gasteiger partial charge in [0.05, 0.1) is 6.26 Å². The first-order valence-electron chi connectivity index (χ1n) is 3.64. The largest absolute Gasteiger partial charge is 0.284 e. The highest BCUT2D eigenvalue weighted by Crippen LogP contribution is 2.01. The van der Waals surface area contributed by atoms with Crippen LogP contribution in [0.5, 0.6) is 0 Å². The molecule has 0 amide bonds. The smallest absolute Gasteiger partial charge is 0.229 e. The number of hydrogen-bond acceptors (Lipinski definition) is 2. The molecule has 0 saturated carbocycles. The van der Waals surface area contributed by atoms with E-state index in [9.17, 15) is 8.42 Å². The molecule has 0 aliphatic carbocycles. The molecular weight excluding hydrogens is 186 g/mol. The topological polar surface area (TPSA) is 46.2 Å². The third-order valence-electron chi connectivity index (χ3n) is 1.51. The van der Waals surface area contributed by atoms with E-state index in [1.54, 1.807) is 18.2 Å². The summed E-state index contributed by atoms with van der Waals surface area (Å²) in [6.07, 6.45) is 1.11. The van der Waals surface area contributed by atoms with Crippen LogP contribution in [0.2, 0.25) is 0 Å². The lowest BCUT2D eigenvalue weighted by atomic mass is 10.2. The van der Waals surface area contributed by atoms with Crippen LogP contribution in [-0.2, 0) is 10.0 Å². The van der Waals surface area contributed by atoms with Gasteiger partial charge in [0.1, 0.15) is 0 Å². The van der Waals surface area contributed by atoms with Crippen molar-refractivity contribution >= 4 is 28.9 Å². The lowest BCUT2D eigenvalue weighted by Crippen LogP contribution is -2.22. The SMILES string of the molecule is C=c1ccc(NS(C)(=O)=O)cc1=C. The van der Waals surface area contributed by atoms with Crippen molar-refractivity contribution in [2.75, 3.05) is 11.0 Å². The fraction of sp³-hybridized carbons (Fsp3) is 0.111. The zero-order valence-electron chi connectivity index (χ0n) is 7.37. The summed E-state index contributed by atoms with van der Waals surface area (Å²) in [7, 11) is -3.20. The lowest BCUT2D eigenvalue weighted by molar-refractivity contribution is 0.607. The summed E-state index contributed by atoms with van der Waals surface area (Å²) in [5.41, 5.74) is 0.514. The molecule has 13 heavy (non-hydrogen) atoms. The highest BCUT2D eigenvalue weighted by Gasteiger charge is 1.99. The van der Waals surface area contributed by atoms with E-state index in [2.05, 4.69) is 17.9 Å². The monoisotopic (exact) mass is 197 g/mol. The molecule has 1 N–H and O–H groups in total. The Balaban J connectivity index is 3.14. The molecular formula is C9H11NO2S. The Bertz CT molecular complexity index is 505. The second-order valence-electron chi connectivity index (χ2n) is 2.86. The van der Waals surface area contributed by atoms with Crippen molar-refractivity contribution < 1.29 is 8.42 Å². The van der Waals surface area contributed by atoms with Crippen molar-refractivity contribution in [2.24, 2.45) is 0 Å². The van der Waals surface area contributed by atoms with Crippen LogP contribution in [0.3, 0.4) is 0 Å². The van der Waals surface area contributed by atoms with Crippen LogP contribution in [0.4, 0.5) is 5.69 Å². The maximum atomic E-state index is 10.8. The molecule has 0 bridgehead atoms. The van der Waals surface area contributed by atoms with Gasteiger partial charge in [-0.25, -0.2) is 8.42 Å². The Kier molecular flexibility index (Phi) is 2.43. The summed E-state index contributed by atoms with van der Waals surface area (Å²) in [5.74, 6) is 0. The normalized spacial score (nSPS) is 11.2. The van der Waals surface area contributed by atoms with E-state index in [0.717, 1.165) is 11.5 Å². The minimum Gasteiger partial charge on any atom is -0.284 e. The van der Waals surface area contributed by atoms with Gasteiger partial charge in [0, 0.05) is 5.69 Å². The standard InChI is InChI=1S/C9H11NO2S/c1-7-4-5-9(6-8(7)2)10-13(3,11)12/h4-6,10H,1-2H2,3H3. The fourth-order valence-corrected chi connectivity index (χ4v) is 1.46. The maximum absolute atomic E-state index is 10.8. The van der Waals surface area contributed by atoms with Gasteiger partial charge in [0.2, 0.25) is 10.0 Å². The number of rotatable bonds is 2. The van der Waals surface area contributed by atoms with Crippen molar-refractivity contribution in [1.29, 1.82) is 0 Å².